The molecule has 0 atom stereocenters. The van der Waals surface area contributed by atoms with Crippen LogP contribution < -0.4 is 10.9 Å². The van der Waals surface area contributed by atoms with E-state index in [0.717, 1.165) is 16.7 Å². The van der Waals surface area contributed by atoms with E-state index in [9.17, 15) is 9.59 Å². The van der Waals surface area contributed by atoms with Crippen molar-refractivity contribution in [1.29, 1.82) is 0 Å². The van der Waals surface area contributed by atoms with Crippen LogP contribution in [0.5, 0.6) is 0 Å². The molecule has 0 unspecified atom stereocenters. The summed E-state index contributed by atoms with van der Waals surface area (Å²) >= 11 is 5.93. The van der Waals surface area contributed by atoms with Gasteiger partial charge in [0.1, 0.15) is 6.61 Å². The summed E-state index contributed by atoms with van der Waals surface area (Å²) < 4.78 is 5.00. The first-order valence-electron chi connectivity index (χ1n) is 7.25. The molecule has 0 fully saturated rings. The summed E-state index contributed by atoms with van der Waals surface area (Å²) in [6, 6.07) is 14.7. The highest BCUT2D eigenvalue weighted by Crippen LogP contribution is 2.16. The Morgan fingerprint density at radius 3 is 2.58 bits per heavy atom. The molecule has 0 aromatic heterocycles. The molecule has 0 saturated carbocycles. The molecule has 0 heterocycles. The van der Waals surface area contributed by atoms with E-state index in [1.54, 1.807) is 18.2 Å². The van der Waals surface area contributed by atoms with Crippen LogP contribution >= 0.6 is 11.6 Å². The van der Waals surface area contributed by atoms with Gasteiger partial charge in [0.2, 0.25) is 0 Å². The van der Waals surface area contributed by atoms with Gasteiger partial charge in [0.05, 0.1) is 0 Å². The summed E-state index contributed by atoms with van der Waals surface area (Å²) in [5, 5.41) is 0.653. The number of hydrogen-bond donors (Lipinski definition) is 2. The van der Waals surface area contributed by atoms with Crippen molar-refractivity contribution in [3.63, 3.8) is 0 Å². The number of nitrogens with one attached hydrogen (secondary N) is 2. The number of rotatable bonds is 4. The fourth-order valence-electron chi connectivity index (χ4n) is 1.87. The van der Waals surface area contributed by atoms with Gasteiger partial charge in [-0.1, -0.05) is 54.1 Å². The van der Waals surface area contributed by atoms with E-state index >= 15 is 0 Å². The quantitative estimate of drug-likeness (QED) is 0.657. The monoisotopic (exact) mass is 344 g/mol. The van der Waals surface area contributed by atoms with Crippen LogP contribution in [0.15, 0.2) is 54.6 Å². The molecule has 2 N–H and O–H groups in total. The average molecular weight is 345 g/mol. The van der Waals surface area contributed by atoms with Crippen molar-refractivity contribution >= 4 is 29.7 Å². The fourth-order valence-corrected chi connectivity index (χ4v) is 1.99. The summed E-state index contributed by atoms with van der Waals surface area (Å²) in [6.45, 7) is 1.95. The van der Waals surface area contributed by atoms with Gasteiger partial charge < -0.3 is 4.74 Å². The molecule has 0 spiro atoms. The zero-order chi connectivity index (χ0) is 17.4. The van der Waals surface area contributed by atoms with Crippen LogP contribution in [0, 0.1) is 6.92 Å². The van der Waals surface area contributed by atoms with Crippen LogP contribution in [0.4, 0.5) is 4.79 Å². The van der Waals surface area contributed by atoms with Crippen molar-refractivity contribution in [3.8, 4) is 0 Å². The lowest BCUT2D eigenvalue weighted by molar-refractivity contribution is -0.117. The predicted molar refractivity (Wildman–Crippen MR) is 93.1 cm³/mol. The first-order chi connectivity index (χ1) is 11.5. The zero-order valence-corrected chi connectivity index (χ0v) is 13.8. The molecule has 0 aliphatic carbocycles. The van der Waals surface area contributed by atoms with Gasteiger partial charge in [0, 0.05) is 11.1 Å². The number of carbonyl (C=O) groups excluding carboxylic acids is 2. The molecule has 124 valence electrons. The van der Waals surface area contributed by atoms with Gasteiger partial charge in [0.15, 0.2) is 0 Å². The molecule has 2 aromatic carbocycles. The molecule has 2 rings (SSSR count). The molecule has 0 saturated heterocycles. The van der Waals surface area contributed by atoms with E-state index in [4.69, 9.17) is 16.3 Å². The molecule has 24 heavy (non-hydrogen) atoms. The molecular weight excluding hydrogens is 328 g/mol. The molecule has 0 aliphatic rings. The SMILES string of the molecule is Cc1cc(COC(=O)NNC(=O)/C=C/c2ccccc2)ccc1Cl. The predicted octanol–water partition coefficient (Wildman–Crippen LogP) is 3.62. The lowest BCUT2D eigenvalue weighted by Gasteiger charge is -2.08. The molecule has 0 bridgehead atoms. The van der Waals surface area contributed by atoms with Crippen molar-refractivity contribution < 1.29 is 14.3 Å². The Bertz CT molecular complexity index is 745. The second kappa shape index (κ2) is 8.74. The largest absolute Gasteiger partial charge is 0.443 e. The van der Waals surface area contributed by atoms with Crippen LogP contribution in [0.3, 0.4) is 0 Å². The summed E-state index contributed by atoms with van der Waals surface area (Å²) in [4.78, 5) is 23.1. The first kappa shape index (κ1) is 17.6. The van der Waals surface area contributed by atoms with E-state index in [2.05, 4.69) is 10.9 Å². The Balaban J connectivity index is 1.73. The molecule has 0 aliphatic heterocycles. The number of amides is 2. The van der Waals surface area contributed by atoms with E-state index in [1.807, 2.05) is 43.3 Å². The number of aryl methyl sites for hydroxylation is 1. The summed E-state index contributed by atoms with van der Waals surface area (Å²) in [6.07, 6.45) is 2.21. The van der Waals surface area contributed by atoms with Crippen molar-refractivity contribution in [2.45, 2.75) is 13.5 Å². The van der Waals surface area contributed by atoms with Gasteiger partial charge in [0.25, 0.3) is 5.91 Å². The van der Waals surface area contributed by atoms with Gasteiger partial charge in [-0.2, -0.15) is 0 Å². The second-order valence-electron chi connectivity index (χ2n) is 5.02. The number of hydrazine groups is 1. The van der Waals surface area contributed by atoms with Crippen LogP contribution in [0.25, 0.3) is 6.08 Å². The summed E-state index contributed by atoms with van der Waals surface area (Å²) in [5.41, 5.74) is 7.01. The highest BCUT2D eigenvalue weighted by Gasteiger charge is 2.05. The van der Waals surface area contributed by atoms with Gasteiger partial charge in [-0.15, -0.1) is 0 Å². The van der Waals surface area contributed by atoms with Gasteiger partial charge in [-0.25, -0.2) is 10.2 Å². The second-order valence-corrected chi connectivity index (χ2v) is 5.43. The first-order valence-corrected chi connectivity index (χ1v) is 7.63. The van der Waals surface area contributed by atoms with E-state index < -0.39 is 12.0 Å². The zero-order valence-electron chi connectivity index (χ0n) is 13.1. The van der Waals surface area contributed by atoms with Crippen molar-refractivity contribution in [2.75, 3.05) is 0 Å². The van der Waals surface area contributed by atoms with E-state index in [1.165, 1.54) is 6.08 Å². The van der Waals surface area contributed by atoms with Crippen molar-refractivity contribution in [3.05, 3.63) is 76.3 Å². The Labute approximate surface area is 145 Å². The van der Waals surface area contributed by atoms with Crippen LogP contribution in [0.1, 0.15) is 16.7 Å². The third kappa shape index (κ3) is 5.78. The number of carbonyl (C=O) groups is 2. The third-order valence-corrected chi connectivity index (χ3v) is 3.53. The summed E-state index contributed by atoms with van der Waals surface area (Å²) in [5.74, 6) is -0.460. The lowest BCUT2D eigenvalue weighted by atomic mass is 10.1. The Hall–Kier alpha value is -2.79. The van der Waals surface area contributed by atoms with Crippen LogP contribution in [-0.2, 0) is 16.1 Å². The maximum absolute atomic E-state index is 11.6. The van der Waals surface area contributed by atoms with E-state index in [-0.39, 0.29) is 6.61 Å². The highest BCUT2D eigenvalue weighted by atomic mass is 35.5. The number of hydrogen-bond acceptors (Lipinski definition) is 3. The Morgan fingerprint density at radius 1 is 1.12 bits per heavy atom. The highest BCUT2D eigenvalue weighted by molar-refractivity contribution is 6.31. The number of halogens is 1. The minimum atomic E-state index is -0.746. The molecule has 5 nitrogen and oxygen atoms in total. The van der Waals surface area contributed by atoms with E-state index in [0.29, 0.717) is 5.02 Å². The average Bonchev–Trinajstić information content (AvgIpc) is 2.60. The van der Waals surface area contributed by atoms with Gasteiger partial charge in [-0.05, 0) is 35.8 Å². The molecule has 2 aromatic rings. The number of benzene rings is 2. The normalized spacial score (nSPS) is 10.4. The lowest BCUT2D eigenvalue weighted by Crippen LogP contribution is -2.41. The van der Waals surface area contributed by atoms with Crippen molar-refractivity contribution in [2.24, 2.45) is 0 Å². The molecular formula is C18H17ClN2O3. The standard InChI is InChI=1S/C18H17ClN2O3/c1-13-11-15(7-9-16(13)19)12-24-18(23)21-20-17(22)10-8-14-5-3-2-4-6-14/h2-11H,12H2,1H3,(H,20,22)(H,21,23)/b10-8+. The minimum absolute atomic E-state index is 0.0829. The number of ether oxygens (including phenoxy) is 1. The van der Waals surface area contributed by atoms with Gasteiger partial charge in [-0.3, -0.25) is 10.2 Å². The smallest absolute Gasteiger partial charge is 0.426 e. The topological polar surface area (TPSA) is 67.4 Å². The van der Waals surface area contributed by atoms with Crippen LogP contribution in [0.2, 0.25) is 5.02 Å². The maximum atomic E-state index is 11.6. The fraction of sp³-hybridized carbons (Fsp3) is 0.111. The Morgan fingerprint density at radius 2 is 1.88 bits per heavy atom. The van der Waals surface area contributed by atoms with Crippen molar-refractivity contribution in [1.82, 2.24) is 10.9 Å². The Kier molecular flexibility index (Phi) is 6.40. The van der Waals surface area contributed by atoms with Crippen LogP contribution in [-0.4, -0.2) is 12.0 Å². The molecule has 6 heteroatoms. The van der Waals surface area contributed by atoms with Gasteiger partial charge >= 0.3 is 6.09 Å². The third-order valence-electron chi connectivity index (χ3n) is 3.11. The summed E-state index contributed by atoms with van der Waals surface area (Å²) in [7, 11) is 0. The molecule has 2 amide bonds. The molecule has 0 radical (unpaired) electrons. The maximum Gasteiger partial charge on any atom is 0.426 e. The minimum Gasteiger partial charge on any atom is -0.443 e.